The second-order valence-corrected chi connectivity index (χ2v) is 10.1. The maximum absolute atomic E-state index is 12.8. The second-order valence-electron chi connectivity index (χ2n) is 9.65. The zero-order valence-corrected chi connectivity index (χ0v) is 20.9. The molecule has 0 bridgehead atoms. The molecule has 1 saturated heterocycles. The van der Waals surface area contributed by atoms with Crippen LogP contribution in [0.3, 0.4) is 0 Å². The number of carbonyl (C=O) groups is 1. The lowest BCUT2D eigenvalue weighted by atomic mass is 9.95. The van der Waals surface area contributed by atoms with Gasteiger partial charge in [-0.25, -0.2) is 0 Å². The first-order valence-corrected chi connectivity index (χ1v) is 12.8. The Morgan fingerprint density at radius 1 is 1.06 bits per heavy atom. The molecule has 2 aromatic heterocycles. The van der Waals surface area contributed by atoms with E-state index < -0.39 is 0 Å². The van der Waals surface area contributed by atoms with E-state index in [0.717, 1.165) is 56.2 Å². The molecule has 1 aliphatic heterocycles. The van der Waals surface area contributed by atoms with Gasteiger partial charge in [0.1, 0.15) is 5.76 Å². The normalized spacial score (nSPS) is 15.9. The van der Waals surface area contributed by atoms with Gasteiger partial charge in [0.2, 0.25) is 5.91 Å². The minimum atomic E-state index is 0.0651. The van der Waals surface area contributed by atoms with Gasteiger partial charge < -0.3 is 14.3 Å². The zero-order chi connectivity index (χ0) is 24.2. The number of benzene rings is 2. The highest BCUT2D eigenvalue weighted by atomic mass is 35.5. The van der Waals surface area contributed by atoms with E-state index in [1.807, 2.05) is 31.2 Å². The van der Waals surface area contributed by atoms with E-state index in [4.69, 9.17) is 16.0 Å². The Morgan fingerprint density at radius 2 is 1.83 bits per heavy atom. The lowest BCUT2D eigenvalue weighted by molar-refractivity contribution is -0.127. The predicted octanol–water partition coefficient (Wildman–Crippen LogP) is 5.90. The highest BCUT2D eigenvalue weighted by Gasteiger charge is 2.26. The molecular formula is C29H32ClN3O2. The number of likely N-dealkylation sites (tertiary alicyclic amines) is 1. The van der Waals surface area contributed by atoms with Crippen molar-refractivity contribution in [3.63, 3.8) is 0 Å². The van der Waals surface area contributed by atoms with Crippen LogP contribution in [0.5, 0.6) is 0 Å². The highest BCUT2D eigenvalue weighted by Crippen LogP contribution is 2.25. The lowest BCUT2D eigenvalue weighted by Gasteiger charge is -2.32. The maximum Gasteiger partial charge on any atom is 0.223 e. The first-order chi connectivity index (χ1) is 17.0. The number of amides is 1. The summed E-state index contributed by atoms with van der Waals surface area (Å²) >= 11 is 6.10. The fourth-order valence-electron chi connectivity index (χ4n) is 5.08. The maximum atomic E-state index is 12.8. The smallest absolute Gasteiger partial charge is 0.223 e. The quantitative estimate of drug-likeness (QED) is 0.335. The fraction of sp³-hybridized carbons (Fsp3) is 0.345. The second kappa shape index (κ2) is 10.7. The number of furan rings is 1. The molecule has 4 aromatic rings. The van der Waals surface area contributed by atoms with Crippen molar-refractivity contribution in [1.82, 2.24) is 14.8 Å². The molecule has 0 spiro atoms. The number of fused-ring (bicyclic) bond motifs is 1. The van der Waals surface area contributed by atoms with Crippen LogP contribution >= 0.6 is 11.6 Å². The minimum Gasteiger partial charge on any atom is -0.469 e. The van der Waals surface area contributed by atoms with Gasteiger partial charge in [0, 0.05) is 47.7 Å². The van der Waals surface area contributed by atoms with Crippen molar-refractivity contribution in [3.8, 4) is 0 Å². The van der Waals surface area contributed by atoms with Crippen molar-refractivity contribution in [2.24, 2.45) is 5.92 Å². The Morgan fingerprint density at radius 3 is 2.57 bits per heavy atom. The van der Waals surface area contributed by atoms with Crippen LogP contribution in [0.2, 0.25) is 5.02 Å². The van der Waals surface area contributed by atoms with Gasteiger partial charge in [0.25, 0.3) is 0 Å². The topological polar surface area (TPSA) is 50.4 Å². The molecular weight excluding hydrogens is 458 g/mol. The van der Waals surface area contributed by atoms with Crippen molar-refractivity contribution in [2.75, 3.05) is 13.1 Å². The monoisotopic (exact) mass is 489 g/mol. The summed E-state index contributed by atoms with van der Waals surface area (Å²) in [7, 11) is 0. The van der Waals surface area contributed by atoms with Gasteiger partial charge in [-0.1, -0.05) is 41.9 Å². The summed E-state index contributed by atoms with van der Waals surface area (Å²) in [6.45, 7) is 5.58. The summed E-state index contributed by atoms with van der Waals surface area (Å²) in [6, 6.07) is 22.9. The number of piperidine rings is 1. The molecule has 5 rings (SSSR count). The molecule has 6 heteroatoms. The molecule has 1 fully saturated rings. The Kier molecular flexibility index (Phi) is 7.26. The molecule has 1 amide bonds. The van der Waals surface area contributed by atoms with E-state index in [-0.39, 0.29) is 17.9 Å². The van der Waals surface area contributed by atoms with Crippen LogP contribution in [0.1, 0.15) is 36.8 Å². The Bertz CT molecular complexity index is 1260. The Hall–Kier alpha value is -3.02. The van der Waals surface area contributed by atoms with Crippen LogP contribution in [-0.4, -0.2) is 34.5 Å². The highest BCUT2D eigenvalue weighted by molar-refractivity contribution is 6.30. The van der Waals surface area contributed by atoms with Gasteiger partial charge in [-0.15, -0.1) is 0 Å². The number of hydrogen-bond acceptors (Lipinski definition) is 3. The van der Waals surface area contributed by atoms with Gasteiger partial charge in [0.15, 0.2) is 0 Å². The van der Waals surface area contributed by atoms with E-state index in [1.54, 1.807) is 6.26 Å². The van der Waals surface area contributed by atoms with E-state index in [2.05, 4.69) is 57.2 Å². The molecule has 1 N–H and O–H groups in total. The van der Waals surface area contributed by atoms with Gasteiger partial charge in [0.05, 0.1) is 6.26 Å². The Labute approximate surface area is 211 Å². The molecule has 2 aromatic carbocycles. The van der Waals surface area contributed by atoms with E-state index in [1.165, 1.54) is 22.2 Å². The Balaban J connectivity index is 1.21. The molecule has 0 saturated carbocycles. The van der Waals surface area contributed by atoms with Crippen LogP contribution in [0.25, 0.3) is 10.9 Å². The van der Waals surface area contributed by atoms with Crippen LogP contribution in [0, 0.1) is 5.92 Å². The number of halogens is 1. The molecule has 5 nitrogen and oxygen atoms in total. The van der Waals surface area contributed by atoms with Gasteiger partial charge >= 0.3 is 0 Å². The summed E-state index contributed by atoms with van der Waals surface area (Å²) < 4.78 is 7.82. The van der Waals surface area contributed by atoms with Crippen LogP contribution < -0.4 is 5.32 Å². The number of para-hydroxylation sites is 1. The molecule has 0 radical (unpaired) electrons. The van der Waals surface area contributed by atoms with E-state index in [0.29, 0.717) is 0 Å². The van der Waals surface area contributed by atoms with Gasteiger partial charge in [-0.05, 0) is 80.2 Å². The molecule has 182 valence electrons. The average Bonchev–Trinajstić information content (AvgIpc) is 3.49. The number of aromatic nitrogens is 1. The van der Waals surface area contributed by atoms with Crippen molar-refractivity contribution >= 4 is 28.4 Å². The van der Waals surface area contributed by atoms with Crippen LogP contribution in [-0.2, 0) is 24.3 Å². The van der Waals surface area contributed by atoms with Crippen molar-refractivity contribution in [2.45, 2.75) is 45.3 Å². The number of rotatable bonds is 8. The molecule has 1 unspecified atom stereocenters. The van der Waals surface area contributed by atoms with Crippen molar-refractivity contribution in [1.29, 1.82) is 0 Å². The molecule has 1 atom stereocenters. The minimum absolute atomic E-state index is 0.0651. The van der Waals surface area contributed by atoms with Gasteiger partial charge in [-0.3, -0.25) is 9.69 Å². The fourth-order valence-corrected chi connectivity index (χ4v) is 5.21. The standard InChI is InChI=1S/C29H32ClN3O2/c1-21(17-27-6-4-16-35-27)31-29(34)23-12-14-32(15-13-23)20-26-18-24-5-2-3-7-28(24)33(26)19-22-8-10-25(30)11-9-22/h2-11,16,18,21,23H,12-15,17,19-20H2,1H3,(H,31,34). The number of nitrogens with zero attached hydrogens (tertiary/aromatic N) is 2. The lowest BCUT2D eigenvalue weighted by Crippen LogP contribution is -2.43. The third-order valence-electron chi connectivity index (χ3n) is 6.97. The largest absolute Gasteiger partial charge is 0.469 e. The van der Waals surface area contributed by atoms with Gasteiger partial charge in [-0.2, -0.15) is 0 Å². The van der Waals surface area contributed by atoms with Crippen LogP contribution in [0.4, 0.5) is 0 Å². The zero-order valence-electron chi connectivity index (χ0n) is 20.1. The molecule has 1 aliphatic rings. The summed E-state index contributed by atoms with van der Waals surface area (Å²) in [5.41, 5.74) is 3.78. The third-order valence-corrected chi connectivity index (χ3v) is 7.22. The summed E-state index contributed by atoms with van der Waals surface area (Å²) in [5.74, 6) is 1.15. The van der Waals surface area contributed by atoms with E-state index in [9.17, 15) is 4.79 Å². The number of hydrogen-bond donors (Lipinski definition) is 1. The predicted molar refractivity (Wildman–Crippen MR) is 141 cm³/mol. The third kappa shape index (κ3) is 5.80. The molecule has 35 heavy (non-hydrogen) atoms. The van der Waals surface area contributed by atoms with Crippen molar-refractivity contribution in [3.05, 3.63) is 95.0 Å². The van der Waals surface area contributed by atoms with Crippen LogP contribution in [0.15, 0.2) is 77.4 Å². The number of nitrogens with one attached hydrogen (secondary N) is 1. The first kappa shape index (κ1) is 23.7. The number of carbonyl (C=O) groups excluding carboxylic acids is 1. The first-order valence-electron chi connectivity index (χ1n) is 12.4. The summed E-state index contributed by atoms with van der Waals surface area (Å²) in [5, 5.41) is 5.20. The molecule has 3 heterocycles. The summed E-state index contributed by atoms with van der Waals surface area (Å²) in [6.07, 6.45) is 4.16. The summed E-state index contributed by atoms with van der Waals surface area (Å²) in [4.78, 5) is 15.3. The average molecular weight is 490 g/mol. The SMILES string of the molecule is CC(Cc1ccco1)NC(=O)C1CCN(Cc2cc3ccccc3n2Cc2ccc(Cl)cc2)CC1. The van der Waals surface area contributed by atoms with E-state index >= 15 is 0 Å². The van der Waals surface area contributed by atoms with Crippen molar-refractivity contribution < 1.29 is 9.21 Å². The molecule has 0 aliphatic carbocycles.